The molecule has 5 nitrogen and oxygen atoms in total. The highest BCUT2D eigenvalue weighted by molar-refractivity contribution is 5.82. The van der Waals surface area contributed by atoms with Crippen molar-refractivity contribution in [1.82, 2.24) is 9.96 Å². The standard InChI is InChI=1S/C23H25FN2O3/c1-16-2-4-17(5-3-16)14-26-23(28)22(11-13-29-26)25-12-10-20(21(24)15-25)18-6-8-19(27)9-7-18/h2-10,21-22,27H,11-15H2,1H3/t21-,22?/m1/s1. The lowest BCUT2D eigenvalue weighted by Gasteiger charge is -2.39. The van der Waals surface area contributed by atoms with E-state index in [1.807, 2.05) is 42.2 Å². The summed E-state index contributed by atoms with van der Waals surface area (Å²) in [7, 11) is 0. The van der Waals surface area contributed by atoms with E-state index in [0.717, 1.165) is 16.7 Å². The molecule has 0 radical (unpaired) electrons. The van der Waals surface area contributed by atoms with Crippen LogP contribution >= 0.6 is 0 Å². The minimum Gasteiger partial charge on any atom is -0.508 e. The van der Waals surface area contributed by atoms with E-state index < -0.39 is 6.17 Å². The van der Waals surface area contributed by atoms with Crippen molar-refractivity contribution in [3.63, 3.8) is 0 Å². The molecule has 1 amide bonds. The lowest BCUT2D eigenvalue weighted by atomic mass is 9.96. The molecular formula is C23H25FN2O3. The number of carbonyl (C=O) groups excluding carboxylic acids is 1. The zero-order valence-corrected chi connectivity index (χ0v) is 16.4. The average Bonchev–Trinajstić information content (AvgIpc) is 2.72. The summed E-state index contributed by atoms with van der Waals surface area (Å²) in [6, 6.07) is 14.1. The van der Waals surface area contributed by atoms with Gasteiger partial charge in [-0.15, -0.1) is 0 Å². The van der Waals surface area contributed by atoms with Gasteiger partial charge in [0.05, 0.1) is 19.2 Å². The highest BCUT2D eigenvalue weighted by Gasteiger charge is 2.37. The molecule has 152 valence electrons. The van der Waals surface area contributed by atoms with E-state index in [9.17, 15) is 14.3 Å². The van der Waals surface area contributed by atoms with Crippen molar-refractivity contribution in [2.75, 3.05) is 19.7 Å². The fraction of sp³-hybridized carbons (Fsp3) is 0.348. The number of phenols is 1. The van der Waals surface area contributed by atoms with Gasteiger partial charge in [0, 0.05) is 13.1 Å². The molecule has 2 heterocycles. The summed E-state index contributed by atoms with van der Waals surface area (Å²) in [6.45, 7) is 3.51. The second-order valence-corrected chi connectivity index (χ2v) is 7.63. The quantitative estimate of drug-likeness (QED) is 0.860. The number of phenolic OH excluding ortho intramolecular Hbond substituents is 1. The van der Waals surface area contributed by atoms with Crippen molar-refractivity contribution < 1.29 is 19.1 Å². The first kappa shape index (κ1) is 19.6. The fourth-order valence-electron chi connectivity index (χ4n) is 3.88. The number of carbonyl (C=O) groups is 1. The van der Waals surface area contributed by atoms with Crippen LogP contribution in [0.3, 0.4) is 0 Å². The van der Waals surface area contributed by atoms with Crippen LogP contribution in [-0.4, -0.2) is 52.9 Å². The molecule has 6 heteroatoms. The monoisotopic (exact) mass is 396 g/mol. The molecule has 0 bridgehead atoms. The van der Waals surface area contributed by atoms with E-state index in [1.54, 1.807) is 24.3 Å². The first-order valence-corrected chi connectivity index (χ1v) is 9.88. The molecule has 2 aromatic rings. The third kappa shape index (κ3) is 4.33. The van der Waals surface area contributed by atoms with Crippen molar-refractivity contribution in [2.45, 2.75) is 32.1 Å². The Kier molecular flexibility index (Phi) is 5.65. The van der Waals surface area contributed by atoms with Crippen molar-refractivity contribution in [2.24, 2.45) is 0 Å². The lowest BCUT2D eigenvalue weighted by Crippen LogP contribution is -2.54. The topological polar surface area (TPSA) is 53.0 Å². The van der Waals surface area contributed by atoms with Crippen LogP contribution in [0, 0.1) is 6.92 Å². The van der Waals surface area contributed by atoms with Gasteiger partial charge in [0.25, 0.3) is 5.91 Å². The van der Waals surface area contributed by atoms with E-state index in [-0.39, 0.29) is 24.2 Å². The van der Waals surface area contributed by atoms with Crippen LogP contribution in [-0.2, 0) is 16.2 Å². The van der Waals surface area contributed by atoms with Crippen molar-refractivity contribution >= 4 is 11.5 Å². The molecule has 2 aromatic carbocycles. The van der Waals surface area contributed by atoms with E-state index >= 15 is 0 Å². The smallest absolute Gasteiger partial charge is 0.263 e. The third-order valence-electron chi connectivity index (χ3n) is 5.54. The molecule has 4 rings (SSSR count). The van der Waals surface area contributed by atoms with Gasteiger partial charge in [-0.1, -0.05) is 48.0 Å². The number of nitrogens with zero attached hydrogens (tertiary/aromatic N) is 2. The Bertz CT molecular complexity index is 895. The second kappa shape index (κ2) is 8.35. The van der Waals surface area contributed by atoms with Crippen molar-refractivity contribution in [3.05, 3.63) is 71.3 Å². The number of hydrogen-bond acceptors (Lipinski definition) is 4. The van der Waals surface area contributed by atoms with Crippen LogP contribution in [0.15, 0.2) is 54.6 Å². The van der Waals surface area contributed by atoms with Crippen LogP contribution in [0.1, 0.15) is 23.1 Å². The maximum atomic E-state index is 14.9. The Hall–Kier alpha value is -2.70. The zero-order valence-electron chi connectivity index (χ0n) is 16.4. The number of alkyl halides is 1. The molecular weight excluding hydrogens is 371 g/mol. The molecule has 2 aliphatic rings. The summed E-state index contributed by atoms with van der Waals surface area (Å²) < 4.78 is 14.9. The fourth-order valence-corrected chi connectivity index (χ4v) is 3.88. The van der Waals surface area contributed by atoms with Crippen molar-refractivity contribution in [1.29, 1.82) is 0 Å². The van der Waals surface area contributed by atoms with Gasteiger partial charge in [-0.05, 0) is 42.2 Å². The number of benzene rings is 2. The van der Waals surface area contributed by atoms with Gasteiger partial charge < -0.3 is 5.11 Å². The number of aromatic hydroxyl groups is 1. The average molecular weight is 396 g/mol. The zero-order chi connectivity index (χ0) is 20.4. The Morgan fingerprint density at radius 2 is 1.86 bits per heavy atom. The van der Waals surface area contributed by atoms with Gasteiger partial charge in [0.2, 0.25) is 0 Å². The Morgan fingerprint density at radius 1 is 1.14 bits per heavy atom. The van der Waals surface area contributed by atoms with Crippen LogP contribution in [0.5, 0.6) is 5.75 Å². The van der Waals surface area contributed by atoms with E-state index in [2.05, 4.69) is 0 Å². The summed E-state index contributed by atoms with van der Waals surface area (Å²) in [4.78, 5) is 20.5. The molecule has 1 N–H and O–H groups in total. The summed E-state index contributed by atoms with van der Waals surface area (Å²) >= 11 is 0. The number of amides is 1. The number of aryl methyl sites for hydroxylation is 1. The number of rotatable bonds is 4. The Balaban J connectivity index is 1.44. The Morgan fingerprint density at radius 3 is 2.55 bits per heavy atom. The highest BCUT2D eigenvalue weighted by atomic mass is 19.1. The van der Waals surface area contributed by atoms with Crippen LogP contribution < -0.4 is 0 Å². The first-order chi connectivity index (χ1) is 14.0. The van der Waals surface area contributed by atoms with Crippen molar-refractivity contribution in [3.8, 4) is 5.75 Å². The number of hydrogen-bond donors (Lipinski definition) is 1. The number of hydroxylamine groups is 2. The van der Waals surface area contributed by atoms with Crippen LogP contribution in [0.4, 0.5) is 4.39 Å². The van der Waals surface area contributed by atoms with Crippen LogP contribution in [0.2, 0.25) is 0 Å². The molecule has 0 saturated carbocycles. The van der Waals surface area contributed by atoms with E-state index in [1.165, 1.54) is 5.06 Å². The highest BCUT2D eigenvalue weighted by Crippen LogP contribution is 2.29. The maximum Gasteiger partial charge on any atom is 0.263 e. The van der Waals surface area contributed by atoms with Gasteiger partial charge in [0.15, 0.2) is 0 Å². The summed E-state index contributed by atoms with van der Waals surface area (Å²) in [6.07, 6.45) is 1.21. The molecule has 0 aliphatic carbocycles. The van der Waals surface area contributed by atoms with Gasteiger partial charge in [-0.2, -0.15) is 0 Å². The third-order valence-corrected chi connectivity index (χ3v) is 5.54. The summed E-state index contributed by atoms with van der Waals surface area (Å²) in [5, 5.41) is 10.8. The minimum atomic E-state index is -1.19. The lowest BCUT2D eigenvalue weighted by molar-refractivity contribution is -0.211. The maximum absolute atomic E-state index is 14.9. The van der Waals surface area contributed by atoms with Gasteiger partial charge >= 0.3 is 0 Å². The molecule has 0 spiro atoms. The van der Waals surface area contributed by atoms with Gasteiger partial charge in [-0.3, -0.25) is 14.5 Å². The predicted molar refractivity (Wildman–Crippen MR) is 109 cm³/mol. The van der Waals surface area contributed by atoms with E-state index in [0.29, 0.717) is 31.7 Å². The predicted octanol–water partition coefficient (Wildman–Crippen LogP) is 3.47. The van der Waals surface area contributed by atoms with Crippen LogP contribution in [0.25, 0.3) is 5.57 Å². The van der Waals surface area contributed by atoms with Gasteiger partial charge in [-0.25, -0.2) is 9.45 Å². The SMILES string of the molecule is Cc1ccc(CN2OCCC(N3CC=C(c4ccc(O)cc4)[C@H](F)C3)C2=O)cc1. The summed E-state index contributed by atoms with van der Waals surface area (Å²) in [5.74, 6) is 0.0363. The number of halogens is 1. The molecule has 2 atom stereocenters. The van der Waals surface area contributed by atoms with Gasteiger partial charge in [0.1, 0.15) is 11.9 Å². The molecule has 1 saturated heterocycles. The molecule has 1 fully saturated rings. The minimum absolute atomic E-state index is 0.120. The molecule has 1 unspecified atom stereocenters. The second-order valence-electron chi connectivity index (χ2n) is 7.63. The first-order valence-electron chi connectivity index (χ1n) is 9.88. The Labute approximate surface area is 170 Å². The summed E-state index contributed by atoms with van der Waals surface area (Å²) in [5.41, 5.74) is 3.53. The molecule has 0 aromatic heterocycles. The molecule has 2 aliphatic heterocycles. The molecule has 29 heavy (non-hydrogen) atoms. The van der Waals surface area contributed by atoms with E-state index in [4.69, 9.17) is 4.84 Å². The largest absolute Gasteiger partial charge is 0.508 e. The normalized spacial score (nSPS) is 23.2.